The van der Waals surface area contributed by atoms with E-state index in [1.165, 1.54) is 12.1 Å². The Morgan fingerprint density at radius 2 is 1.93 bits per heavy atom. The monoisotopic (exact) mass is 403 g/mol. The maximum absolute atomic E-state index is 12.8. The molecule has 1 aliphatic heterocycles. The lowest BCUT2D eigenvalue weighted by Gasteiger charge is -2.13. The molecular weight excluding hydrogens is 386 g/mol. The van der Waals surface area contributed by atoms with Crippen molar-refractivity contribution in [3.8, 4) is 6.07 Å². The molecule has 140 valence electrons. The summed E-state index contributed by atoms with van der Waals surface area (Å²) >= 11 is 6.03. The minimum absolute atomic E-state index is 0.0856. The number of amides is 1. The summed E-state index contributed by atoms with van der Waals surface area (Å²) in [6.45, 7) is 0.392. The average molecular weight is 404 g/mol. The predicted molar refractivity (Wildman–Crippen MR) is 102 cm³/mol. The Morgan fingerprint density at radius 1 is 1.22 bits per heavy atom. The van der Waals surface area contributed by atoms with E-state index in [2.05, 4.69) is 16.7 Å². The third-order valence-electron chi connectivity index (χ3n) is 4.58. The maximum Gasteiger partial charge on any atom is 0.237 e. The van der Waals surface area contributed by atoms with Crippen molar-refractivity contribution in [3.05, 3.63) is 64.7 Å². The number of sulfone groups is 1. The summed E-state index contributed by atoms with van der Waals surface area (Å²) in [5, 5.41) is 14.3. The SMILES string of the molecule is N#Cc1ccccc1CNC(=O)[C@@H]1C[C@@H](S(=O)(=O)c2ccccc2Cl)CN1. The topological polar surface area (TPSA) is 99.1 Å². The molecule has 2 aromatic carbocycles. The van der Waals surface area contributed by atoms with E-state index in [9.17, 15) is 13.2 Å². The van der Waals surface area contributed by atoms with Crippen molar-refractivity contribution in [3.63, 3.8) is 0 Å². The molecule has 0 aliphatic carbocycles. The summed E-state index contributed by atoms with van der Waals surface area (Å²) in [4.78, 5) is 12.5. The Morgan fingerprint density at radius 3 is 2.67 bits per heavy atom. The van der Waals surface area contributed by atoms with E-state index in [1.54, 1.807) is 36.4 Å². The Hall–Kier alpha value is -2.40. The summed E-state index contributed by atoms with van der Waals surface area (Å²) in [6.07, 6.45) is 0.166. The quantitative estimate of drug-likeness (QED) is 0.795. The molecule has 2 N–H and O–H groups in total. The first-order valence-electron chi connectivity index (χ1n) is 8.41. The van der Waals surface area contributed by atoms with Gasteiger partial charge in [0.15, 0.2) is 9.84 Å². The lowest BCUT2D eigenvalue weighted by atomic mass is 10.1. The van der Waals surface area contributed by atoms with Crippen molar-refractivity contribution >= 4 is 27.3 Å². The fraction of sp³-hybridized carbons (Fsp3) is 0.263. The average Bonchev–Trinajstić information content (AvgIpc) is 3.17. The minimum Gasteiger partial charge on any atom is -0.351 e. The van der Waals surface area contributed by atoms with Gasteiger partial charge < -0.3 is 10.6 Å². The molecule has 0 saturated carbocycles. The van der Waals surface area contributed by atoms with Crippen LogP contribution in [-0.2, 0) is 21.2 Å². The summed E-state index contributed by atoms with van der Waals surface area (Å²) in [7, 11) is -3.63. The van der Waals surface area contributed by atoms with Crippen LogP contribution in [0.1, 0.15) is 17.5 Å². The summed E-state index contributed by atoms with van der Waals surface area (Å²) < 4.78 is 25.6. The fourth-order valence-corrected chi connectivity index (χ4v) is 5.27. The first kappa shape index (κ1) is 19.4. The zero-order valence-electron chi connectivity index (χ0n) is 14.4. The summed E-state index contributed by atoms with van der Waals surface area (Å²) in [5.74, 6) is -0.292. The van der Waals surface area contributed by atoms with Crippen molar-refractivity contribution in [1.82, 2.24) is 10.6 Å². The summed E-state index contributed by atoms with van der Waals surface area (Å²) in [6, 6.07) is 14.8. The van der Waals surface area contributed by atoms with Gasteiger partial charge in [-0.25, -0.2) is 8.42 Å². The second kappa shape index (κ2) is 8.09. The molecule has 27 heavy (non-hydrogen) atoms. The van der Waals surface area contributed by atoms with Crippen LogP contribution in [0.5, 0.6) is 0 Å². The molecule has 3 rings (SSSR count). The van der Waals surface area contributed by atoms with Crippen LogP contribution >= 0.6 is 11.6 Å². The number of benzene rings is 2. The van der Waals surface area contributed by atoms with Crippen molar-refractivity contribution < 1.29 is 13.2 Å². The van der Waals surface area contributed by atoms with Crippen molar-refractivity contribution in [1.29, 1.82) is 5.26 Å². The molecule has 1 heterocycles. The van der Waals surface area contributed by atoms with Crippen LogP contribution in [0.2, 0.25) is 5.02 Å². The smallest absolute Gasteiger partial charge is 0.237 e. The van der Waals surface area contributed by atoms with Crippen LogP contribution in [0.4, 0.5) is 0 Å². The Balaban J connectivity index is 1.65. The highest BCUT2D eigenvalue weighted by atomic mass is 35.5. The summed E-state index contributed by atoms with van der Waals surface area (Å²) in [5.41, 5.74) is 1.21. The van der Waals surface area contributed by atoms with Crippen LogP contribution in [0.3, 0.4) is 0 Å². The van der Waals surface area contributed by atoms with Gasteiger partial charge in [0, 0.05) is 13.1 Å². The number of halogens is 1. The minimum atomic E-state index is -3.63. The van der Waals surface area contributed by atoms with Gasteiger partial charge in [-0.3, -0.25) is 4.79 Å². The second-order valence-corrected chi connectivity index (χ2v) is 8.88. The zero-order chi connectivity index (χ0) is 19.4. The Bertz CT molecular complexity index is 1000. The van der Waals surface area contributed by atoms with Gasteiger partial charge in [0.1, 0.15) is 0 Å². The van der Waals surface area contributed by atoms with Crippen molar-refractivity contribution in [2.75, 3.05) is 6.54 Å². The van der Waals surface area contributed by atoms with Crippen LogP contribution in [0.25, 0.3) is 0 Å². The molecule has 0 radical (unpaired) electrons. The lowest BCUT2D eigenvalue weighted by Crippen LogP contribution is -2.40. The molecule has 2 atom stereocenters. The third-order valence-corrected chi connectivity index (χ3v) is 7.23. The first-order valence-corrected chi connectivity index (χ1v) is 10.3. The van der Waals surface area contributed by atoms with Gasteiger partial charge >= 0.3 is 0 Å². The Kier molecular flexibility index (Phi) is 5.80. The molecular formula is C19H18ClN3O3S. The van der Waals surface area contributed by atoms with E-state index in [0.717, 1.165) is 0 Å². The van der Waals surface area contributed by atoms with E-state index in [1.807, 2.05) is 0 Å². The highest BCUT2D eigenvalue weighted by molar-refractivity contribution is 7.92. The number of nitriles is 1. The number of nitrogens with zero attached hydrogens (tertiary/aromatic N) is 1. The van der Waals surface area contributed by atoms with Crippen LogP contribution in [-0.4, -0.2) is 32.2 Å². The zero-order valence-corrected chi connectivity index (χ0v) is 15.9. The van der Waals surface area contributed by atoms with Gasteiger partial charge in [-0.05, 0) is 30.2 Å². The van der Waals surface area contributed by atoms with Gasteiger partial charge in [-0.2, -0.15) is 5.26 Å². The molecule has 1 amide bonds. The number of carbonyl (C=O) groups is 1. The second-order valence-electron chi connectivity index (χ2n) is 6.28. The van der Waals surface area contributed by atoms with Crippen molar-refractivity contribution in [2.45, 2.75) is 29.2 Å². The number of rotatable bonds is 5. The lowest BCUT2D eigenvalue weighted by molar-refractivity contribution is -0.122. The van der Waals surface area contributed by atoms with E-state index in [4.69, 9.17) is 16.9 Å². The van der Waals surface area contributed by atoms with Crippen LogP contribution in [0, 0.1) is 11.3 Å². The first-order chi connectivity index (χ1) is 12.9. The standard InChI is InChI=1S/C19H18ClN3O3S/c20-16-7-3-4-8-18(16)27(25,26)15-9-17(22-12-15)19(24)23-11-14-6-2-1-5-13(14)10-21/h1-8,15,17,22H,9,11-12H2,(H,23,24)/t15-,17+/m1/s1. The van der Waals surface area contributed by atoms with Gasteiger partial charge in [-0.1, -0.05) is 41.9 Å². The molecule has 0 aromatic heterocycles. The van der Waals surface area contributed by atoms with Crippen LogP contribution in [0.15, 0.2) is 53.4 Å². The molecule has 2 aromatic rings. The highest BCUT2D eigenvalue weighted by Gasteiger charge is 2.38. The van der Waals surface area contributed by atoms with E-state index < -0.39 is 21.1 Å². The molecule has 6 nitrogen and oxygen atoms in total. The van der Waals surface area contributed by atoms with E-state index >= 15 is 0 Å². The molecule has 0 bridgehead atoms. The highest BCUT2D eigenvalue weighted by Crippen LogP contribution is 2.28. The number of carbonyl (C=O) groups excluding carboxylic acids is 1. The van der Waals surface area contributed by atoms with E-state index in [-0.39, 0.29) is 35.3 Å². The third kappa shape index (κ3) is 4.14. The van der Waals surface area contributed by atoms with Crippen LogP contribution < -0.4 is 10.6 Å². The van der Waals surface area contributed by atoms with Gasteiger partial charge in [0.2, 0.25) is 5.91 Å². The fourth-order valence-electron chi connectivity index (χ4n) is 3.08. The molecule has 1 fully saturated rings. The molecule has 0 unspecified atom stereocenters. The number of nitrogens with one attached hydrogen (secondary N) is 2. The Labute approximate surface area is 163 Å². The normalized spacial score (nSPS) is 19.4. The largest absolute Gasteiger partial charge is 0.351 e. The number of hydrogen-bond acceptors (Lipinski definition) is 5. The maximum atomic E-state index is 12.8. The van der Waals surface area contributed by atoms with E-state index in [0.29, 0.717) is 11.1 Å². The van der Waals surface area contributed by atoms with Gasteiger partial charge in [0.25, 0.3) is 0 Å². The molecule has 1 aliphatic rings. The molecule has 1 saturated heterocycles. The van der Waals surface area contributed by atoms with Gasteiger partial charge in [0.05, 0.1) is 32.8 Å². The van der Waals surface area contributed by atoms with Crippen molar-refractivity contribution in [2.24, 2.45) is 0 Å². The van der Waals surface area contributed by atoms with Gasteiger partial charge in [-0.15, -0.1) is 0 Å². The predicted octanol–water partition coefficient (Wildman–Crippen LogP) is 2.03. The number of hydrogen-bond donors (Lipinski definition) is 2. The molecule has 0 spiro atoms. The molecule has 8 heteroatoms.